The van der Waals surface area contributed by atoms with Gasteiger partial charge in [0.2, 0.25) is 0 Å². The molecule has 0 fully saturated rings. The summed E-state index contributed by atoms with van der Waals surface area (Å²) in [5, 5.41) is 0. The zero-order chi connectivity index (χ0) is 22.2. The minimum absolute atomic E-state index is 0. The van der Waals surface area contributed by atoms with Crippen LogP contribution >= 0.6 is 24.8 Å². The van der Waals surface area contributed by atoms with Crippen molar-refractivity contribution >= 4 is 28.0 Å². The van der Waals surface area contributed by atoms with Crippen molar-refractivity contribution in [2.24, 2.45) is 0 Å². The van der Waals surface area contributed by atoms with Crippen molar-refractivity contribution < 1.29 is 21.3 Å². The van der Waals surface area contributed by atoms with Gasteiger partial charge in [0.25, 0.3) is 0 Å². The molecule has 35 heavy (non-hydrogen) atoms. The maximum absolute atomic E-state index is 2.52. The molecule has 0 bridgehead atoms. The van der Waals surface area contributed by atoms with Crippen LogP contribution in [0.25, 0.3) is 11.1 Å². The summed E-state index contributed by atoms with van der Waals surface area (Å²) in [7, 11) is 0. The quantitative estimate of drug-likeness (QED) is 0.229. The van der Waals surface area contributed by atoms with E-state index in [9.17, 15) is 0 Å². The first-order valence-electron chi connectivity index (χ1n) is 11.7. The smallest absolute Gasteiger partial charge is 0.147 e. The van der Waals surface area contributed by atoms with Gasteiger partial charge in [-0.3, -0.25) is 0 Å². The molecular weight excluding hydrogens is 546 g/mol. The van der Waals surface area contributed by atoms with Crippen LogP contribution in [0.3, 0.4) is 0 Å². The second kappa shape index (κ2) is 11.2. The summed E-state index contributed by atoms with van der Waals surface area (Å²) in [5.74, 6) is 0. The molecule has 0 N–H and O–H groups in total. The Morgan fingerprint density at radius 2 is 1.09 bits per heavy atom. The Morgan fingerprint density at radius 3 is 1.54 bits per heavy atom. The van der Waals surface area contributed by atoms with Crippen molar-refractivity contribution in [3.8, 4) is 11.1 Å². The van der Waals surface area contributed by atoms with Gasteiger partial charge in [-0.2, -0.15) is 0 Å². The third-order valence-corrected chi connectivity index (χ3v) is 15.8. The first kappa shape index (κ1) is 25.8. The van der Waals surface area contributed by atoms with Crippen LogP contribution in [0.2, 0.25) is 0 Å². The summed E-state index contributed by atoms with van der Waals surface area (Å²) in [6.07, 6.45) is 5.84. The molecule has 0 heterocycles. The topological polar surface area (TPSA) is 0 Å². The average Bonchev–Trinajstić information content (AvgIpc) is 3.45. The molecule has 0 nitrogen and oxygen atoms in total. The van der Waals surface area contributed by atoms with Crippen LogP contribution < -0.4 is 0 Å². The molecule has 0 saturated heterocycles. The Hall–Kier alpha value is -2.31. The Balaban J connectivity index is 0.00000144. The van der Waals surface area contributed by atoms with E-state index in [4.69, 9.17) is 0 Å². The standard InChI is InChI=1S/C13H9.C13H10.C6H7.2ClH.Zr/c1-3-7-12-10(5-1)9-11-6-2-4-8-13(11)12;1-3-7-12(8-4-1)11-13-9-5-2-6-10-13;1-6-4-2-3-5-6;;;/h1-9H;1-10H;2,4H,3H2,1H3;2*1H;. The van der Waals surface area contributed by atoms with E-state index in [-0.39, 0.29) is 24.8 Å². The fourth-order valence-electron chi connectivity index (χ4n) is 5.56. The SMILES string of the molecule is CC1=[C]([Zr](=[C](c2ccccc2)c2ccccc2)[CH]2c3ccccc3-c3ccccc32)CC=C1.Cl.Cl. The van der Waals surface area contributed by atoms with E-state index in [2.05, 4.69) is 128 Å². The zero-order valence-electron chi connectivity index (χ0n) is 19.6. The zero-order valence-corrected chi connectivity index (χ0v) is 23.7. The van der Waals surface area contributed by atoms with E-state index in [1.54, 1.807) is 6.49 Å². The molecule has 0 radical (unpaired) electrons. The van der Waals surface area contributed by atoms with Crippen LogP contribution in [0, 0.1) is 0 Å². The predicted molar refractivity (Wildman–Crippen MR) is 151 cm³/mol. The molecule has 2 aliphatic carbocycles. The number of allylic oxidation sites excluding steroid dienone is 4. The van der Waals surface area contributed by atoms with E-state index in [1.165, 1.54) is 39.0 Å². The first-order chi connectivity index (χ1) is 16.3. The van der Waals surface area contributed by atoms with Crippen LogP contribution in [0.5, 0.6) is 0 Å². The predicted octanol–water partition coefficient (Wildman–Crippen LogP) is 8.72. The second-order valence-corrected chi connectivity index (χ2v) is 15.1. The molecular formula is C32H28Cl2Zr. The van der Waals surface area contributed by atoms with Gasteiger partial charge in [-0.15, -0.1) is 24.8 Å². The molecule has 3 heteroatoms. The normalized spacial score (nSPS) is 13.5. The fourth-order valence-corrected chi connectivity index (χ4v) is 15.1. The largest absolute Gasteiger partial charge is 0.147 e. The Labute approximate surface area is 228 Å². The van der Waals surface area contributed by atoms with Gasteiger partial charge in [0.1, 0.15) is 0 Å². The van der Waals surface area contributed by atoms with Crippen LogP contribution in [-0.2, 0) is 21.3 Å². The summed E-state index contributed by atoms with van der Waals surface area (Å²) in [6, 6.07) is 40.7. The molecule has 0 saturated carbocycles. The number of halogens is 2. The second-order valence-electron chi connectivity index (χ2n) is 8.90. The molecule has 0 spiro atoms. The number of benzene rings is 4. The van der Waals surface area contributed by atoms with Gasteiger partial charge < -0.3 is 0 Å². The van der Waals surface area contributed by atoms with E-state index < -0.39 is 21.3 Å². The van der Waals surface area contributed by atoms with Crippen molar-refractivity contribution in [1.29, 1.82) is 0 Å². The molecule has 0 aromatic heterocycles. The van der Waals surface area contributed by atoms with Gasteiger partial charge in [0, 0.05) is 0 Å². The number of fused-ring (bicyclic) bond motifs is 3. The number of hydrogen-bond donors (Lipinski definition) is 0. The third kappa shape index (κ3) is 4.63. The summed E-state index contributed by atoms with van der Waals surface area (Å²) < 4.78 is 3.84. The van der Waals surface area contributed by atoms with Crippen molar-refractivity contribution in [2.45, 2.75) is 17.0 Å². The van der Waals surface area contributed by atoms with Gasteiger partial charge in [-0.25, -0.2) is 0 Å². The molecule has 2 aliphatic rings. The summed E-state index contributed by atoms with van der Waals surface area (Å²) >= 11 is -2.52. The molecule has 0 aliphatic heterocycles. The van der Waals surface area contributed by atoms with Gasteiger partial charge in [-0.05, 0) is 0 Å². The minimum Gasteiger partial charge on any atom is -0.147 e. The number of hydrogen-bond acceptors (Lipinski definition) is 0. The maximum atomic E-state index is 2.40. The van der Waals surface area contributed by atoms with Gasteiger partial charge >= 0.3 is 205 Å². The van der Waals surface area contributed by atoms with Crippen LogP contribution in [0.4, 0.5) is 0 Å². The first-order valence-corrected chi connectivity index (χ1v) is 15.6. The van der Waals surface area contributed by atoms with E-state index in [0.717, 1.165) is 6.42 Å². The van der Waals surface area contributed by atoms with Crippen molar-refractivity contribution in [3.63, 3.8) is 0 Å². The van der Waals surface area contributed by atoms with Crippen molar-refractivity contribution in [1.82, 2.24) is 0 Å². The van der Waals surface area contributed by atoms with Gasteiger partial charge in [0.05, 0.1) is 0 Å². The van der Waals surface area contributed by atoms with E-state index in [1.807, 2.05) is 0 Å². The monoisotopic (exact) mass is 572 g/mol. The third-order valence-electron chi connectivity index (χ3n) is 7.01. The molecule has 0 unspecified atom stereocenters. The molecule has 0 amide bonds. The number of rotatable bonds is 4. The molecule has 4 aromatic carbocycles. The van der Waals surface area contributed by atoms with Gasteiger partial charge in [0.15, 0.2) is 0 Å². The summed E-state index contributed by atoms with van der Waals surface area (Å²) in [6.45, 7) is 2.33. The average molecular weight is 575 g/mol. The van der Waals surface area contributed by atoms with E-state index in [0.29, 0.717) is 3.63 Å². The van der Waals surface area contributed by atoms with Crippen LogP contribution in [0.15, 0.2) is 130 Å². The van der Waals surface area contributed by atoms with E-state index >= 15 is 0 Å². The Bertz CT molecular complexity index is 1350. The van der Waals surface area contributed by atoms with Crippen LogP contribution in [-0.4, -0.2) is 3.21 Å². The molecule has 0 atom stereocenters. The molecule has 4 aromatic rings. The fraction of sp³-hybridized carbons (Fsp3) is 0.0938. The van der Waals surface area contributed by atoms with Crippen molar-refractivity contribution in [3.05, 3.63) is 152 Å². The molecule has 6 rings (SSSR count). The van der Waals surface area contributed by atoms with Crippen molar-refractivity contribution in [2.75, 3.05) is 0 Å². The summed E-state index contributed by atoms with van der Waals surface area (Å²) in [5.41, 5.74) is 10.2. The van der Waals surface area contributed by atoms with Gasteiger partial charge in [-0.1, -0.05) is 0 Å². The Kier molecular flexibility index (Phi) is 8.23. The molecule has 174 valence electrons. The minimum atomic E-state index is -2.52. The van der Waals surface area contributed by atoms with Crippen LogP contribution in [0.1, 0.15) is 39.2 Å². The Morgan fingerprint density at radius 1 is 0.629 bits per heavy atom. The summed E-state index contributed by atoms with van der Waals surface area (Å²) in [4.78, 5) is 0. The maximum Gasteiger partial charge on any atom is -0.147 e.